The van der Waals surface area contributed by atoms with Gasteiger partial charge in [0.15, 0.2) is 0 Å². The zero-order valence-corrected chi connectivity index (χ0v) is 8.17. The van der Waals surface area contributed by atoms with E-state index in [1.165, 1.54) is 0 Å². The summed E-state index contributed by atoms with van der Waals surface area (Å²) in [4.78, 5) is 4.43. The van der Waals surface area contributed by atoms with Crippen LogP contribution in [-0.4, -0.2) is 56.6 Å². The molecule has 0 aliphatic heterocycles. The Balaban J connectivity index is 3.29. The smallest absolute Gasteiger partial charge is 0.0139 e. The first kappa shape index (κ1) is 10.9. The van der Waals surface area contributed by atoms with Crippen LogP contribution < -0.4 is 5.73 Å². The van der Waals surface area contributed by atoms with Crippen molar-refractivity contribution in [3.8, 4) is 0 Å². The van der Waals surface area contributed by atoms with Gasteiger partial charge in [0.25, 0.3) is 0 Å². The minimum absolute atomic E-state index is 0.280. The Hall–Kier alpha value is -0.120. The van der Waals surface area contributed by atoms with Gasteiger partial charge in [-0.25, -0.2) is 0 Å². The van der Waals surface area contributed by atoms with Crippen LogP contribution in [0.5, 0.6) is 0 Å². The van der Waals surface area contributed by atoms with Crippen LogP contribution in [-0.2, 0) is 0 Å². The number of nitrogens with zero attached hydrogens (tertiary/aromatic N) is 2. The number of nitrogens with two attached hydrogens (primary N) is 1. The van der Waals surface area contributed by atoms with Crippen molar-refractivity contribution in [3.63, 3.8) is 0 Å². The molecule has 0 heterocycles. The normalized spacial score (nSPS) is 14.5. The molecule has 0 saturated carbocycles. The van der Waals surface area contributed by atoms with Crippen LogP contribution in [0.2, 0.25) is 0 Å². The highest BCUT2D eigenvalue weighted by atomic mass is 15.2. The van der Waals surface area contributed by atoms with Gasteiger partial charge in [0.2, 0.25) is 0 Å². The Labute approximate surface area is 70.2 Å². The second-order valence-electron chi connectivity index (χ2n) is 3.54. The zero-order valence-electron chi connectivity index (χ0n) is 8.17. The van der Waals surface area contributed by atoms with Crippen molar-refractivity contribution in [2.45, 2.75) is 13.0 Å². The summed E-state index contributed by atoms with van der Waals surface area (Å²) in [5, 5.41) is 0. The summed E-state index contributed by atoms with van der Waals surface area (Å²) >= 11 is 0. The molecular weight excluding hydrogens is 138 g/mol. The molecule has 68 valence electrons. The van der Waals surface area contributed by atoms with Crippen LogP contribution in [0.1, 0.15) is 6.92 Å². The second-order valence-corrected chi connectivity index (χ2v) is 3.54. The molecule has 0 fully saturated rings. The van der Waals surface area contributed by atoms with Crippen molar-refractivity contribution >= 4 is 0 Å². The molecule has 0 rings (SSSR count). The summed E-state index contributed by atoms with van der Waals surface area (Å²) in [6.07, 6.45) is 0. The van der Waals surface area contributed by atoms with E-state index in [9.17, 15) is 0 Å². The van der Waals surface area contributed by atoms with E-state index in [0.717, 1.165) is 19.6 Å². The van der Waals surface area contributed by atoms with Crippen LogP contribution in [0, 0.1) is 0 Å². The summed E-state index contributed by atoms with van der Waals surface area (Å²) < 4.78 is 0. The topological polar surface area (TPSA) is 32.5 Å². The molecule has 0 aliphatic carbocycles. The molecule has 0 bridgehead atoms. The van der Waals surface area contributed by atoms with E-state index in [1.54, 1.807) is 0 Å². The summed E-state index contributed by atoms with van der Waals surface area (Å²) in [5.74, 6) is 0. The molecule has 11 heavy (non-hydrogen) atoms. The molecule has 0 radical (unpaired) electrons. The molecule has 2 N–H and O–H groups in total. The molecule has 0 amide bonds. The van der Waals surface area contributed by atoms with E-state index in [2.05, 4.69) is 30.9 Å². The van der Waals surface area contributed by atoms with Crippen molar-refractivity contribution < 1.29 is 0 Å². The Kier molecular flexibility index (Phi) is 5.46. The van der Waals surface area contributed by atoms with Crippen LogP contribution in [0.15, 0.2) is 0 Å². The lowest BCUT2D eigenvalue weighted by Crippen LogP contribution is -2.36. The number of likely N-dealkylation sites (N-methyl/N-ethyl adjacent to an activating group) is 2. The lowest BCUT2D eigenvalue weighted by Gasteiger charge is -2.20. The second kappa shape index (κ2) is 5.52. The SMILES string of the molecule is CC(N)CN(C)CCN(C)C. The lowest BCUT2D eigenvalue weighted by atomic mass is 10.3. The lowest BCUT2D eigenvalue weighted by molar-refractivity contribution is 0.272. The average Bonchev–Trinajstić information content (AvgIpc) is 1.82. The van der Waals surface area contributed by atoms with Gasteiger partial charge in [-0.05, 0) is 28.1 Å². The third-order valence-corrected chi connectivity index (χ3v) is 1.53. The fraction of sp³-hybridized carbons (Fsp3) is 1.00. The van der Waals surface area contributed by atoms with Gasteiger partial charge in [-0.2, -0.15) is 0 Å². The quantitative estimate of drug-likeness (QED) is 0.604. The van der Waals surface area contributed by atoms with E-state index >= 15 is 0 Å². The molecule has 0 aromatic heterocycles. The highest BCUT2D eigenvalue weighted by Crippen LogP contribution is 1.85. The highest BCUT2D eigenvalue weighted by molar-refractivity contribution is 4.60. The monoisotopic (exact) mass is 159 g/mol. The van der Waals surface area contributed by atoms with Crippen molar-refractivity contribution in [2.75, 3.05) is 40.8 Å². The van der Waals surface area contributed by atoms with Gasteiger partial charge in [0, 0.05) is 25.7 Å². The van der Waals surface area contributed by atoms with E-state index in [1.807, 2.05) is 6.92 Å². The summed E-state index contributed by atoms with van der Waals surface area (Å²) in [6.45, 7) is 5.21. The maximum atomic E-state index is 5.64. The number of rotatable bonds is 5. The fourth-order valence-corrected chi connectivity index (χ4v) is 0.954. The average molecular weight is 159 g/mol. The molecule has 3 heteroatoms. The van der Waals surface area contributed by atoms with Crippen LogP contribution in [0.25, 0.3) is 0 Å². The molecule has 1 atom stereocenters. The van der Waals surface area contributed by atoms with Gasteiger partial charge < -0.3 is 15.5 Å². The maximum Gasteiger partial charge on any atom is 0.0139 e. The maximum absolute atomic E-state index is 5.64. The van der Waals surface area contributed by atoms with Gasteiger partial charge >= 0.3 is 0 Å². The van der Waals surface area contributed by atoms with Crippen LogP contribution in [0.3, 0.4) is 0 Å². The Morgan fingerprint density at radius 3 is 2.09 bits per heavy atom. The molecule has 0 spiro atoms. The molecule has 0 aliphatic rings. The molecule has 1 unspecified atom stereocenters. The van der Waals surface area contributed by atoms with Crippen molar-refractivity contribution in [2.24, 2.45) is 5.73 Å². The first-order valence-electron chi connectivity index (χ1n) is 4.11. The zero-order chi connectivity index (χ0) is 8.85. The fourth-order valence-electron chi connectivity index (χ4n) is 0.954. The predicted molar refractivity (Wildman–Crippen MR) is 49.7 cm³/mol. The van der Waals surface area contributed by atoms with Gasteiger partial charge in [-0.15, -0.1) is 0 Å². The molecule has 3 nitrogen and oxygen atoms in total. The molecular formula is C8H21N3. The van der Waals surface area contributed by atoms with Crippen LogP contribution in [0.4, 0.5) is 0 Å². The summed E-state index contributed by atoms with van der Waals surface area (Å²) in [6, 6.07) is 0.280. The van der Waals surface area contributed by atoms with Gasteiger partial charge in [-0.1, -0.05) is 0 Å². The first-order valence-corrected chi connectivity index (χ1v) is 4.11. The van der Waals surface area contributed by atoms with Crippen molar-refractivity contribution in [1.29, 1.82) is 0 Å². The summed E-state index contributed by atoms with van der Waals surface area (Å²) in [5.41, 5.74) is 5.64. The van der Waals surface area contributed by atoms with E-state index < -0.39 is 0 Å². The number of hydrogen-bond donors (Lipinski definition) is 1. The first-order chi connectivity index (χ1) is 5.02. The molecule has 0 aromatic carbocycles. The molecule has 0 aromatic rings. The van der Waals surface area contributed by atoms with Gasteiger partial charge in [-0.3, -0.25) is 0 Å². The molecule has 0 saturated heterocycles. The Bertz CT molecular complexity index is 91.3. The Morgan fingerprint density at radius 2 is 1.73 bits per heavy atom. The van der Waals surface area contributed by atoms with Crippen molar-refractivity contribution in [3.05, 3.63) is 0 Å². The third kappa shape index (κ3) is 7.78. The highest BCUT2D eigenvalue weighted by Gasteiger charge is 2.01. The minimum Gasteiger partial charge on any atom is -0.327 e. The Morgan fingerprint density at radius 1 is 1.18 bits per heavy atom. The number of hydrogen-bond acceptors (Lipinski definition) is 3. The van der Waals surface area contributed by atoms with E-state index in [-0.39, 0.29) is 6.04 Å². The van der Waals surface area contributed by atoms with Crippen molar-refractivity contribution in [1.82, 2.24) is 9.80 Å². The standard InChI is InChI=1S/C8H21N3/c1-8(9)7-11(4)6-5-10(2)3/h8H,5-7,9H2,1-4H3. The predicted octanol–water partition coefficient (Wildman–Crippen LogP) is -0.173. The largest absolute Gasteiger partial charge is 0.327 e. The summed E-state index contributed by atoms with van der Waals surface area (Å²) in [7, 11) is 6.27. The van der Waals surface area contributed by atoms with Gasteiger partial charge in [0.05, 0.1) is 0 Å². The minimum atomic E-state index is 0.280. The van der Waals surface area contributed by atoms with E-state index in [4.69, 9.17) is 5.73 Å². The van der Waals surface area contributed by atoms with E-state index in [0.29, 0.717) is 0 Å². The van der Waals surface area contributed by atoms with Gasteiger partial charge in [0.1, 0.15) is 0 Å². The third-order valence-electron chi connectivity index (χ3n) is 1.53. The van der Waals surface area contributed by atoms with Crippen LogP contribution >= 0.6 is 0 Å².